The van der Waals surface area contributed by atoms with Crippen LogP contribution in [0, 0.1) is 5.92 Å². The standard InChI is InChI=1S/C14H18N2O3/c1-9(2)8-15-14(19)16-11-6-4-3-5-10(11)7-12(16)13(17)18/h3-6,9,12H,7-8H2,1-2H3,(H,15,19)(H,17,18)/t12-/m0/s1. The molecule has 0 saturated carbocycles. The third-order valence-electron chi connectivity index (χ3n) is 3.14. The lowest BCUT2D eigenvalue weighted by molar-refractivity contribution is -0.138. The molecule has 0 unspecified atom stereocenters. The summed E-state index contributed by atoms with van der Waals surface area (Å²) in [6.07, 6.45) is 0.362. The Labute approximate surface area is 112 Å². The van der Waals surface area contributed by atoms with Crippen LogP contribution in [0.1, 0.15) is 19.4 Å². The summed E-state index contributed by atoms with van der Waals surface area (Å²) in [4.78, 5) is 24.8. The van der Waals surface area contributed by atoms with E-state index >= 15 is 0 Å². The van der Waals surface area contributed by atoms with E-state index in [1.165, 1.54) is 4.90 Å². The van der Waals surface area contributed by atoms with E-state index in [2.05, 4.69) is 5.32 Å². The zero-order valence-electron chi connectivity index (χ0n) is 11.1. The molecule has 19 heavy (non-hydrogen) atoms. The number of carbonyl (C=O) groups excluding carboxylic acids is 1. The van der Waals surface area contributed by atoms with E-state index in [1.807, 2.05) is 32.0 Å². The van der Waals surface area contributed by atoms with Gasteiger partial charge in [-0.25, -0.2) is 9.59 Å². The number of carboxylic acid groups (broad SMARTS) is 1. The Bertz CT molecular complexity index is 499. The summed E-state index contributed by atoms with van der Waals surface area (Å²) in [5, 5.41) is 12.0. The topological polar surface area (TPSA) is 69.6 Å². The average Bonchev–Trinajstić information content (AvgIpc) is 2.75. The molecule has 1 aromatic rings. The van der Waals surface area contributed by atoms with Gasteiger partial charge in [0, 0.05) is 18.7 Å². The zero-order chi connectivity index (χ0) is 14.0. The highest BCUT2D eigenvalue weighted by Gasteiger charge is 2.38. The van der Waals surface area contributed by atoms with Crippen molar-refractivity contribution in [3.63, 3.8) is 0 Å². The fourth-order valence-corrected chi connectivity index (χ4v) is 2.21. The second-order valence-corrected chi connectivity index (χ2v) is 5.14. The van der Waals surface area contributed by atoms with Crippen LogP contribution in [0.3, 0.4) is 0 Å². The van der Waals surface area contributed by atoms with E-state index in [-0.39, 0.29) is 6.03 Å². The summed E-state index contributed by atoms with van der Waals surface area (Å²) in [5.41, 5.74) is 1.59. The van der Waals surface area contributed by atoms with Gasteiger partial charge in [-0.15, -0.1) is 0 Å². The third-order valence-corrected chi connectivity index (χ3v) is 3.14. The molecule has 102 valence electrons. The molecule has 0 aromatic heterocycles. The SMILES string of the molecule is CC(C)CNC(=O)N1c2ccccc2C[C@H]1C(=O)O. The normalized spacial score (nSPS) is 17.4. The molecule has 0 fully saturated rings. The number of carbonyl (C=O) groups is 2. The van der Waals surface area contributed by atoms with Crippen LogP contribution >= 0.6 is 0 Å². The third kappa shape index (κ3) is 2.70. The van der Waals surface area contributed by atoms with Gasteiger partial charge in [-0.05, 0) is 17.5 Å². The number of hydrogen-bond donors (Lipinski definition) is 2. The lowest BCUT2D eigenvalue weighted by atomic mass is 10.1. The number of fused-ring (bicyclic) bond motifs is 1. The highest BCUT2D eigenvalue weighted by atomic mass is 16.4. The fourth-order valence-electron chi connectivity index (χ4n) is 2.21. The van der Waals surface area contributed by atoms with Crippen molar-refractivity contribution in [2.24, 2.45) is 5.92 Å². The van der Waals surface area contributed by atoms with E-state index in [0.717, 1.165) is 5.56 Å². The maximum Gasteiger partial charge on any atom is 0.327 e. The van der Waals surface area contributed by atoms with Crippen molar-refractivity contribution in [2.45, 2.75) is 26.3 Å². The van der Waals surface area contributed by atoms with Crippen LogP contribution in [0.4, 0.5) is 10.5 Å². The van der Waals surface area contributed by atoms with E-state index in [4.69, 9.17) is 0 Å². The van der Waals surface area contributed by atoms with Crippen LogP contribution < -0.4 is 10.2 Å². The van der Waals surface area contributed by atoms with Gasteiger partial charge in [0.2, 0.25) is 0 Å². The van der Waals surface area contributed by atoms with Gasteiger partial charge >= 0.3 is 12.0 Å². The molecule has 0 bridgehead atoms. The second-order valence-electron chi connectivity index (χ2n) is 5.14. The van der Waals surface area contributed by atoms with Gasteiger partial charge in [-0.1, -0.05) is 32.0 Å². The van der Waals surface area contributed by atoms with Gasteiger partial charge in [0.05, 0.1) is 0 Å². The summed E-state index contributed by atoms with van der Waals surface area (Å²) in [6.45, 7) is 4.52. The molecule has 2 rings (SSSR count). The van der Waals surface area contributed by atoms with Gasteiger partial charge < -0.3 is 10.4 Å². The number of para-hydroxylation sites is 1. The Balaban J connectivity index is 2.24. The van der Waals surface area contributed by atoms with E-state index in [9.17, 15) is 14.7 Å². The predicted octanol–water partition coefficient (Wildman–Crippen LogP) is 1.87. The van der Waals surface area contributed by atoms with Gasteiger partial charge in [0.1, 0.15) is 6.04 Å². The smallest absolute Gasteiger partial charge is 0.327 e. The summed E-state index contributed by atoms with van der Waals surface area (Å²) in [7, 11) is 0. The molecular weight excluding hydrogens is 244 g/mol. The molecule has 5 heteroatoms. The number of nitrogens with zero attached hydrogens (tertiary/aromatic N) is 1. The first-order valence-corrected chi connectivity index (χ1v) is 6.38. The number of rotatable bonds is 3. The lowest BCUT2D eigenvalue weighted by Gasteiger charge is -2.23. The summed E-state index contributed by atoms with van der Waals surface area (Å²) < 4.78 is 0. The van der Waals surface area contributed by atoms with E-state index in [0.29, 0.717) is 24.6 Å². The minimum absolute atomic E-state index is 0.324. The molecule has 2 amide bonds. The molecule has 1 aliphatic rings. The molecule has 2 N–H and O–H groups in total. The van der Waals surface area contributed by atoms with Crippen molar-refractivity contribution in [2.75, 3.05) is 11.4 Å². The van der Waals surface area contributed by atoms with Crippen LogP contribution in [0.15, 0.2) is 24.3 Å². The number of anilines is 1. The Morgan fingerprint density at radius 3 is 2.74 bits per heavy atom. The molecule has 1 heterocycles. The van der Waals surface area contributed by atoms with Crippen molar-refractivity contribution >= 4 is 17.7 Å². The van der Waals surface area contributed by atoms with E-state index < -0.39 is 12.0 Å². The van der Waals surface area contributed by atoms with Crippen LogP contribution in [0.25, 0.3) is 0 Å². The highest BCUT2D eigenvalue weighted by Crippen LogP contribution is 2.32. The Morgan fingerprint density at radius 2 is 2.11 bits per heavy atom. The molecule has 0 radical (unpaired) electrons. The number of hydrogen-bond acceptors (Lipinski definition) is 2. The largest absolute Gasteiger partial charge is 0.480 e. The summed E-state index contributed by atoms with van der Waals surface area (Å²) in [5.74, 6) is -0.652. The lowest BCUT2D eigenvalue weighted by Crippen LogP contribution is -2.48. The van der Waals surface area contributed by atoms with Crippen molar-refractivity contribution in [3.05, 3.63) is 29.8 Å². The van der Waals surface area contributed by atoms with Crippen LogP contribution in [0.2, 0.25) is 0 Å². The molecule has 0 aliphatic carbocycles. The molecule has 1 atom stereocenters. The molecule has 1 aliphatic heterocycles. The first kappa shape index (κ1) is 13.4. The zero-order valence-corrected chi connectivity index (χ0v) is 11.1. The minimum Gasteiger partial charge on any atom is -0.480 e. The van der Waals surface area contributed by atoms with Gasteiger partial charge in [-0.3, -0.25) is 4.90 Å². The molecule has 1 aromatic carbocycles. The summed E-state index contributed by atoms with van der Waals surface area (Å²) in [6, 6.07) is 6.16. The Hall–Kier alpha value is -2.04. The maximum absolute atomic E-state index is 12.2. The Kier molecular flexibility index (Phi) is 3.74. The fraction of sp³-hybridized carbons (Fsp3) is 0.429. The van der Waals surface area contributed by atoms with E-state index in [1.54, 1.807) is 6.07 Å². The summed E-state index contributed by atoms with van der Waals surface area (Å²) >= 11 is 0. The van der Waals surface area contributed by atoms with Crippen LogP contribution in [-0.4, -0.2) is 29.7 Å². The number of nitrogens with one attached hydrogen (secondary N) is 1. The number of amides is 2. The molecule has 0 spiro atoms. The first-order valence-electron chi connectivity index (χ1n) is 6.38. The first-order chi connectivity index (χ1) is 9.00. The van der Waals surface area contributed by atoms with Crippen LogP contribution in [-0.2, 0) is 11.2 Å². The van der Waals surface area contributed by atoms with Gasteiger partial charge in [-0.2, -0.15) is 0 Å². The quantitative estimate of drug-likeness (QED) is 0.873. The average molecular weight is 262 g/mol. The second kappa shape index (κ2) is 5.30. The van der Waals surface area contributed by atoms with Gasteiger partial charge in [0.15, 0.2) is 0 Å². The number of urea groups is 1. The van der Waals surface area contributed by atoms with Crippen molar-refractivity contribution < 1.29 is 14.7 Å². The van der Waals surface area contributed by atoms with Crippen molar-refractivity contribution in [1.82, 2.24) is 5.32 Å². The highest BCUT2D eigenvalue weighted by molar-refractivity contribution is 6.01. The monoisotopic (exact) mass is 262 g/mol. The molecule has 5 nitrogen and oxygen atoms in total. The number of aliphatic carboxylic acids is 1. The molecular formula is C14H18N2O3. The number of carboxylic acids is 1. The minimum atomic E-state index is -0.976. The Morgan fingerprint density at radius 1 is 1.42 bits per heavy atom. The van der Waals surface area contributed by atoms with Crippen molar-refractivity contribution in [3.8, 4) is 0 Å². The number of benzene rings is 1. The van der Waals surface area contributed by atoms with Gasteiger partial charge in [0.25, 0.3) is 0 Å². The predicted molar refractivity (Wildman–Crippen MR) is 72.3 cm³/mol. The van der Waals surface area contributed by atoms with Crippen molar-refractivity contribution in [1.29, 1.82) is 0 Å². The van der Waals surface area contributed by atoms with Crippen LogP contribution in [0.5, 0.6) is 0 Å². The molecule has 0 saturated heterocycles. The maximum atomic E-state index is 12.2.